The fourth-order valence-electron chi connectivity index (χ4n) is 4.20. The molecular weight excluding hydrogens is 977 g/mol. The predicted molar refractivity (Wildman–Crippen MR) is 213 cm³/mol. The number of hydrogen-bond acceptors (Lipinski definition) is 14. The summed E-state index contributed by atoms with van der Waals surface area (Å²) in [5.74, 6) is -8.99. The lowest BCUT2D eigenvalue weighted by Crippen LogP contribution is -3.00. The Labute approximate surface area is 380 Å². The fourth-order valence-corrected chi connectivity index (χ4v) is 4.20. The Balaban J connectivity index is -0.000000384. The molecular formula is C40H67F6IO14S. The van der Waals surface area contributed by atoms with Crippen molar-refractivity contribution in [3.8, 4) is 0 Å². The zero-order valence-electron chi connectivity index (χ0n) is 37.4. The molecule has 0 radical (unpaired) electrons. The Morgan fingerprint density at radius 1 is 0.581 bits per heavy atom. The summed E-state index contributed by atoms with van der Waals surface area (Å²) >= 11 is 0. The summed E-state index contributed by atoms with van der Waals surface area (Å²) in [4.78, 5) is 69.9. The molecule has 1 aliphatic rings. The number of carbonyl (C=O) groups excluding carboxylic acids is 6. The second-order valence-corrected chi connectivity index (χ2v) is 17.2. The molecule has 62 heavy (non-hydrogen) atoms. The fraction of sp³-hybridized carbons (Fsp3) is 0.800. The smallest absolute Gasteiger partial charge is 0.345 e. The van der Waals surface area contributed by atoms with Crippen LogP contribution in [0.15, 0.2) is 11.6 Å². The van der Waals surface area contributed by atoms with Crippen molar-refractivity contribution in [3.05, 3.63) is 11.6 Å². The maximum Gasteiger partial charge on any atom is 0.345 e. The van der Waals surface area contributed by atoms with Gasteiger partial charge in [-0.05, 0) is 51.4 Å². The normalized spacial score (nSPS) is 13.9. The van der Waals surface area contributed by atoms with Gasteiger partial charge < -0.3 is 57.1 Å². The van der Waals surface area contributed by atoms with Gasteiger partial charge >= 0.3 is 35.8 Å². The zero-order valence-corrected chi connectivity index (χ0v) is 40.4. The molecule has 0 N–H and O–H groups in total. The van der Waals surface area contributed by atoms with Gasteiger partial charge in [-0.1, -0.05) is 48.5 Å². The first kappa shape index (κ1) is 65.6. The molecule has 0 spiro atoms. The molecule has 0 bridgehead atoms. The van der Waals surface area contributed by atoms with Gasteiger partial charge in [0.25, 0.3) is 12.9 Å². The van der Waals surface area contributed by atoms with Crippen LogP contribution < -0.4 is 24.0 Å². The summed E-state index contributed by atoms with van der Waals surface area (Å²) in [7, 11) is -1.42. The molecule has 0 amide bonds. The van der Waals surface area contributed by atoms with Gasteiger partial charge in [0.05, 0.1) is 49.6 Å². The molecule has 0 heterocycles. The van der Waals surface area contributed by atoms with Crippen molar-refractivity contribution in [1.82, 2.24) is 0 Å². The van der Waals surface area contributed by atoms with Gasteiger partial charge in [0.1, 0.15) is 30.4 Å². The highest BCUT2D eigenvalue weighted by Gasteiger charge is 2.71. The molecule has 22 heteroatoms. The zero-order chi connectivity index (χ0) is 47.8. The minimum absolute atomic E-state index is 0. The Hall–Kier alpha value is -3.02. The molecule has 0 aliphatic heterocycles. The number of halogens is 7. The van der Waals surface area contributed by atoms with Crippen molar-refractivity contribution >= 4 is 45.7 Å². The summed E-state index contributed by atoms with van der Waals surface area (Å²) in [5, 5.41) is 0. The summed E-state index contributed by atoms with van der Waals surface area (Å²) in [5.41, 5.74) is -2.51. The molecule has 14 nitrogen and oxygen atoms in total. The molecule has 0 aromatic rings. The molecule has 2 atom stereocenters. The average molecular weight is 1040 g/mol. The highest BCUT2D eigenvalue weighted by Crippen LogP contribution is 2.57. The topological polar surface area (TPSA) is 184 Å². The van der Waals surface area contributed by atoms with E-state index in [4.69, 9.17) is 23.7 Å². The predicted octanol–water partition coefficient (Wildman–Crippen LogP) is 4.20. The number of rotatable bonds is 25. The van der Waals surface area contributed by atoms with Gasteiger partial charge in [0, 0.05) is 18.6 Å². The van der Waals surface area contributed by atoms with E-state index in [1.54, 1.807) is 67.2 Å². The molecule has 0 aromatic carbocycles. The van der Waals surface area contributed by atoms with Crippen molar-refractivity contribution in [2.75, 3.05) is 65.0 Å². The first-order valence-electron chi connectivity index (χ1n) is 20.1. The first-order valence-corrected chi connectivity index (χ1v) is 22.9. The molecule has 2 unspecified atom stereocenters. The monoisotopic (exact) mass is 1040 g/mol. The first-order chi connectivity index (χ1) is 28.5. The van der Waals surface area contributed by atoms with E-state index in [9.17, 15) is 59.3 Å². The van der Waals surface area contributed by atoms with E-state index in [2.05, 4.69) is 9.47 Å². The van der Waals surface area contributed by atoms with Crippen molar-refractivity contribution in [2.24, 2.45) is 17.3 Å². The van der Waals surface area contributed by atoms with Gasteiger partial charge in [-0.3, -0.25) is 19.2 Å². The van der Waals surface area contributed by atoms with Crippen LogP contribution in [0.5, 0.6) is 0 Å². The van der Waals surface area contributed by atoms with Crippen molar-refractivity contribution < 1.29 is 116 Å². The number of ether oxygens (including phenoxy) is 7. The highest BCUT2D eigenvalue weighted by atomic mass is 127. The third-order valence-corrected chi connectivity index (χ3v) is 7.03. The van der Waals surface area contributed by atoms with Crippen molar-refractivity contribution in [3.63, 3.8) is 0 Å². The maximum absolute atomic E-state index is 13.1. The van der Waals surface area contributed by atoms with Crippen LogP contribution >= 0.6 is 0 Å². The van der Waals surface area contributed by atoms with E-state index in [0.29, 0.717) is 44.9 Å². The Morgan fingerprint density at radius 3 is 1.18 bits per heavy atom. The van der Waals surface area contributed by atoms with Gasteiger partial charge in [-0.2, -0.15) is 0 Å². The highest BCUT2D eigenvalue weighted by molar-refractivity contribution is 8.00. The van der Waals surface area contributed by atoms with Crippen LogP contribution in [0.3, 0.4) is 0 Å². The lowest BCUT2D eigenvalue weighted by atomic mass is 10.0. The lowest BCUT2D eigenvalue weighted by Gasteiger charge is -2.23. The van der Waals surface area contributed by atoms with Crippen LogP contribution in [-0.4, -0.2) is 126 Å². The summed E-state index contributed by atoms with van der Waals surface area (Å²) in [6, 6.07) is 0. The third kappa shape index (κ3) is 29.4. The second-order valence-electron chi connectivity index (χ2n) is 13.8. The Bertz CT molecular complexity index is 1300. The minimum atomic E-state index is -2.98. The minimum Gasteiger partial charge on any atom is -1.00 e. The Morgan fingerprint density at radius 2 is 0.903 bits per heavy atom. The number of allylic oxidation sites excluding steroid dienone is 1. The summed E-state index contributed by atoms with van der Waals surface area (Å²) in [6.45, 7) is 12.8. The van der Waals surface area contributed by atoms with Crippen LogP contribution in [0.25, 0.3) is 0 Å². The SMILES string of the molecule is CCCOC(=O)C(=CC(F)F)C(=O)OCCC.CCCOC(=O)C(C(=O)OCCC)C(OCCC)C(F)F.CCCOC(=O)C1(C(=O)OCCC)CC1C(F)F.C[S+](C)(C)=O.[I-]. The van der Waals surface area contributed by atoms with E-state index < -0.39 is 94.0 Å². The standard InChI is InChI=1S/C14H24F2O5.C12H18F2O4.C11H16F2O4.C3H9OS.HI/c1-4-7-19-11(12(15)16)10(13(17)20-8-5-2)14(18)21-9-6-3;1-3-5-17-10(15)12(7-8(12)9(13)14)11(16)18-6-4-2;1-3-5-16-10(14)8(7-9(12)13)11(15)17-6-4-2;1-5(2,3)4;/h10-12H,4-9H2,1-3H3;8-9H,3-7H2,1-2H3;7,9H,3-6H2,1-2H3;1-3H3;1H/q;;;+1;/p-1. The van der Waals surface area contributed by atoms with E-state index in [1.165, 1.54) is 0 Å². The molecule has 0 saturated heterocycles. The largest absolute Gasteiger partial charge is 1.00 e. The van der Waals surface area contributed by atoms with E-state index in [-0.39, 0.29) is 82.7 Å². The molecule has 1 aliphatic carbocycles. The van der Waals surface area contributed by atoms with E-state index in [1.807, 2.05) is 0 Å². The molecule has 0 aromatic heterocycles. The van der Waals surface area contributed by atoms with Crippen molar-refractivity contribution in [1.29, 1.82) is 0 Å². The average Bonchev–Trinajstić information content (AvgIpc) is 3.96. The van der Waals surface area contributed by atoms with Crippen LogP contribution in [0.4, 0.5) is 26.3 Å². The number of carbonyl (C=O) groups is 6. The van der Waals surface area contributed by atoms with Gasteiger partial charge in [-0.15, -0.1) is 4.21 Å². The third-order valence-electron chi connectivity index (χ3n) is 7.03. The molecule has 1 saturated carbocycles. The summed E-state index contributed by atoms with van der Waals surface area (Å²) < 4.78 is 119. The van der Waals surface area contributed by atoms with Crippen LogP contribution in [0, 0.1) is 17.3 Å². The maximum atomic E-state index is 13.1. The van der Waals surface area contributed by atoms with E-state index >= 15 is 0 Å². The van der Waals surface area contributed by atoms with E-state index in [0.717, 1.165) is 0 Å². The van der Waals surface area contributed by atoms with Crippen LogP contribution in [0.2, 0.25) is 0 Å². The van der Waals surface area contributed by atoms with Crippen LogP contribution in [0.1, 0.15) is 99.8 Å². The van der Waals surface area contributed by atoms with Crippen molar-refractivity contribution in [2.45, 2.75) is 125 Å². The molecule has 366 valence electrons. The van der Waals surface area contributed by atoms with Gasteiger partial charge in [0.15, 0.2) is 11.3 Å². The Kier molecular flexibility index (Phi) is 39.5. The molecule has 1 rings (SSSR count). The number of alkyl halides is 6. The number of hydrogen-bond donors (Lipinski definition) is 0. The van der Waals surface area contributed by atoms with Gasteiger partial charge in [0.2, 0.25) is 6.43 Å². The van der Waals surface area contributed by atoms with Crippen LogP contribution in [-0.2, 0) is 76.1 Å². The quantitative estimate of drug-likeness (QED) is 0.0185. The second kappa shape index (κ2) is 37.4. The summed E-state index contributed by atoms with van der Waals surface area (Å²) in [6.07, 6.45) is -1.48. The number of esters is 6. The lowest BCUT2D eigenvalue weighted by molar-refractivity contribution is -0.178. The molecule has 1 fully saturated rings. The van der Waals surface area contributed by atoms with Gasteiger partial charge in [-0.25, -0.2) is 35.9 Å².